The van der Waals surface area contributed by atoms with Crippen molar-refractivity contribution in [1.82, 2.24) is 0 Å². The molecule has 20 heavy (non-hydrogen) atoms. The highest BCUT2D eigenvalue weighted by Gasteiger charge is 2.48. The molecule has 0 rings (SSSR count). The summed E-state index contributed by atoms with van der Waals surface area (Å²) in [6.07, 6.45) is -9.06. The standard InChI is InChI=1S/C13H23F3O3S/c1-6-20-9(4)7(2)8(3)11(19-10(5)17)12(18)13(14,15)16/h7-9,11-12,18H,6H2,1-5H3. The molecule has 0 aromatic heterocycles. The second-order valence-corrected chi connectivity index (χ2v) is 6.59. The number of hydrogen-bond acceptors (Lipinski definition) is 4. The summed E-state index contributed by atoms with van der Waals surface area (Å²) in [4.78, 5) is 11.0. The van der Waals surface area contributed by atoms with E-state index < -0.39 is 30.3 Å². The van der Waals surface area contributed by atoms with Gasteiger partial charge in [0.05, 0.1) is 0 Å². The van der Waals surface area contributed by atoms with E-state index in [1.165, 1.54) is 0 Å². The Morgan fingerprint density at radius 2 is 1.75 bits per heavy atom. The van der Waals surface area contributed by atoms with Gasteiger partial charge in [0.2, 0.25) is 0 Å². The molecular formula is C13H23F3O3S. The van der Waals surface area contributed by atoms with E-state index in [0.29, 0.717) is 0 Å². The Bertz CT molecular complexity index is 310. The third kappa shape index (κ3) is 5.91. The molecule has 0 fully saturated rings. The zero-order valence-corrected chi connectivity index (χ0v) is 13.2. The van der Waals surface area contributed by atoms with E-state index in [0.717, 1.165) is 12.7 Å². The number of carbonyl (C=O) groups excluding carboxylic acids is 1. The first-order chi connectivity index (χ1) is 9.02. The molecule has 7 heteroatoms. The molecule has 5 unspecified atom stereocenters. The Hall–Kier alpha value is -0.430. The lowest BCUT2D eigenvalue weighted by molar-refractivity contribution is -0.243. The van der Waals surface area contributed by atoms with Crippen LogP contribution in [0.2, 0.25) is 0 Å². The molecule has 0 aliphatic carbocycles. The molecule has 120 valence electrons. The lowest BCUT2D eigenvalue weighted by Crippen LogP contribution is -2.48. The molecule has 0 aliphatic heterocycles. The molecule has 0 saturated heterocycles. The van der Waals surface area contributed by atoms with Gasteiger partial charge < -0.3 is 9.84 Å². The number of thioether (sulfide) groups is 1. The van der Waals surface area contributed by atoms with Gasteiger partial charge in [-0.3, -0.25) is 4.79 Å². The van der Waals surface area contributed by atoms with Crippen molar-refractivity contribution in [3.8, 4) is 0 Å². The molecule has 0 aromatic rings. The van der Waals surface area contributed by atoms with E-state index in [9.17, 15) is 23.1 Å². The molecule has 0 aromatic carbocycles. The van der Waals surface area contributed by atoms with Gasteiger partial charge in [-0.1, -0.05) is 27.7 Å². The maximum atomic E-state index is 12.7. The fourth-order valence-corrected chi connectivity index (χ4v) is 3.06. The van der Waals surface area contributed by atoms with Gasteiger partial charge in [-0.05, 0) is 17.6 Å². The first kappa shape index (κ1) is 19.6. The number of rotatable bonds is 7. The fraction of sp³-hybridized carbons (Fsp3) is 0.923. The van der Waals surface area contributed by atoms with Crippen molar-refractivity contribution in [3.05, 3.63) is 0 Å². The number of aliphatic hydroxyl groups excluding tert-OH is 1. The van der Waals surface area contributed by atoms with Crippen LogP contribution in [-0.2, 0) is 9.53 Å². The number of ether oxygens (including phenoxy) is 1. The number of halogens is 3. The minimum absolute atomic E-state index is 0.105. The second-order valence-electron chi connectivity index (χ2n) is 4.94. The monoisotopic (exact) mass is 316 g/mol. The maximum Gasteiger partial charge on any atom is 0.418 e. The fourth-order valence-electron chi connectivity index (χ4n) is 1.98. The Morgan fingerprint density at radius 1 is 1.25 bits per heavy atom. The molecular weight excluding hydrogens is 293 g/mol. The molecule has 5 atom stereocenters. The van der Waals surface area contributed by atoms with Crippen molar-refractivity contribution in [2.45, 2.75) is 58.3 Å². The largest absolute Gasteiger partial charge is 0.459 e. The topological polar surface area (TPSA) is 46.5 Å². The Labute approximate surface area is 122 Å². The molecule has 0 heterocycles. The Morgan fingerprint density at radius 3 is 2.10 bits per heavy atom. The molecule has 0 radical (unpaired) electrons. The van der Waals surface area contributed by atoms with Gasteiger partial charge >= 0.3 is 12.1 Å². The quantitative estimate of drug-likeness (QED) is 0.732. The van der Waals surface area contributed by atoms with E-state index >= 15 is 0 Å². The summed E-state index contributed by atoms with van der Waals surface area (Å²) in [6.45, 7) is 8.29. The third-order valence-corrected chi connectivity index (χ3v) is 4.75. The number of esters is 1. The van der Waals surface area contributed by atoms with E-state index in [1.807, 2.05) is 13.8 Å². The maximum absolute atomic E-state index is 12.7. The minimum Gasteiger partial charge on any atom is -0.459 e. The molecule has 0 bridgehead atoms. The van der Waals surface area contributed by atoms with Crippen LogP contribution in [0.1, 0.15) is 34.6 Å². The van der Waals surface area contributed by atoms with Crippen LogP contribution in [-0.4, -0.2) is 40.5 Å². The smallest absolute Gasteiger partial charge is 0.418 e. The van der Waals surface area contributed by atoms with Crippen molar-refractivity contribution in [3.63, 3.8) is 0 Å². The van der Waals surface area contributed by atoms with Crippen molar-refractivity contribution < 1.29 is 27.8 Å². The van der Waals surface area contributed by atoms with E-state index in [2.05, 4.69) is 0 Å². The number of carbonyl (C=O) groups is 1. The van der Waals surface area contributed by atoms with Crippen LogP contribution in [0, 0.1) is 11.8 Å². The summed E-state index contributed by atoms with van der Waals surface area (Å²) in [5.74, 6) is -0.725. The zero-order chi connectivity index (χ0) is 16.1. The molecule has 0 amide bonds. The molecule has 0 spiro atoms. The Balaban J connectivity index is 5.07. The summed E-state index contributed by atoms with van der Waals surface area (Å²) in [7, 11) is 0. The average Bonchev–Trinajstić information content (AvgIpc) is 2.32. The van der Waals surface area contributed by atoms with E-state index in [1.54, 1.807) is 25.6 Å². The first-order valence-electron chi connectivity index (χ1n) is 6.55. The predicted molar refractivity (Wildman–Crippen MR) is 73.5 cm³/mol. The van der Waals surface area contributed by atoms with Crippen LogP contribution in [0.25, 0.3) is 0 Å². The SMILES string of the molecule is CCSC(C)C(C)C(C)C(OC(C)=O)C(O)C(F)(F)F. The molecule has 1 N–H and O–H groups in total. The molecule has 3 nitrogen and oxygen atoms in total. The highest BCUT2D eigenvalue weighted by molar-refractivity contribution is 7.99. The Kier molecular flexibility index (Phi) is 7.95. The lowest BCUT2D eigenvalue weighted by atomic mass is 9.85. The van der Waals surface area contributed by atoms with Gasteiger partial charge in [0, 0.05) is 12.2 Å². The van der Waals surface area contributed by atoms with Gasteiger partial charge in [-0.25, -0.2) is 0 Å². The zero-order valence-electron chi connectivity index (χ0n) is 12.4. The van der Waals surface area contributed by atoms with Gasteiger partial charge in [0.15, 0.2) is 6.10 Å². The van der Waals surface area contributed by atoms with E-state index in [-0.39, 0.29) is 11.2 Å². The number of alkyl halides is 3. The normalized spacial score (nSPS) is 19.9. The number of aliphatic hydroxyl groups is 1. The van der Waals surface area contributed by atoms with Crippen LogP contribution >= 0.6 is 11.8 Å². The second kappa shape index (κ2) is 8.12. The summed E-state index contributed by atoms with van der Waals surface area (Å²) < 4.78 is 42.8. The van der Waals surface area contributed by atoms with Crippen molar-refractivity contribution in [2.24, 2.45) is 11.8 Å². The van der Waals surface area contributed by atoms with Crippen LogP contribution in [0.15, 0.2) is 0 Å². The highest BCUT2D eigenvalue weighted by atomic mass is 32.2. The van der Waals surface area contributed by atoms with Crippen molar-refractivity contribution in [1.29, 1.82) is 0 Å². The average molecular weight is 316 g/mol. The summed E-state index contributed by atoms with van der Waals surface area (Å²) in [5.41, 5.74) is 0. The van der Waals surface area contributed by atoms with Gasteiger partial charge in [-0.15, -0.1) is 0 Å². The van der Waals surface area contributed by atoms with Gasteiger partial charge in [0.25, 0.3) is 0 Å². The lowest BCUT2D eigenvalue weighted by Gasteiger charge is -2.34. The molecule has 0 aliphatic rings. The van der Waals surface area contributed by atoms with Crippen LogP contribution in [0.3, 0.4) is 0 Å². The minimum atomic E-state index is -4.81. The summed E-state index contributed by atoms with van der Waals surface area (Å²) in [5, 5.41) is 9.52. The first-order valence-corrected chi connectivity index (χ1v) is 7.60. The third-order valence-electron chi connectivity index (χ3n) is 3.47. The van der Waals surface area contributed by atoms with Gasteiger partial charge in [-0.2, -0.15) is 24.9 Å². The molecule has 0 saturated carbocycles. The van der Waals surface area contributed by atoms with Crippen molar-refractivity contribution >= 4 is 17.7 Å². The predicted octanol–water partition coefficient (Wildman–Crippen LogP) is 3.26. The van der Waals surface area contributed by atoms with Crippen LogP contribution in [0.5, 0.6) is 0 Å². The highest BCUT2D eigenvalue weighted by Crippen LogP contribution is 2.34. The number of hydrogen-bond donors (Lipinski definition) is 1. The van der Waals surface area contributed by atoms with Crippen molar-refractivity contribution in [2.75, 3.05) is 5.75 Å². The van der Waals surface area contributed by atoms with Gasteiger partial charge in [0.1, 0.15) is 6.10 Å². The van der Waals surface area contributed by atoms with Crippen LogP contribution in [0.4, 0.5) is 13.2 Å². The van der Waals surface area contributed by atoms with E-state index in [4.69, 9.17) is 4.74 Å². The van der Waals surface area contributed by atoms with Crippen LogP contribution < -0.4 is 0 Å². The summed E-state index contributed by atoms with van der Waals surface area (Å²) >= 11 is 1.62. The summed E-state index contributed by atoms with van der Waals surface area (Å²) in [6, 6.07) is 0.